The molecule has 2 atom stereocenters. The van der Waals surface area contributed by atoms with Gasteiger partial charge in [0.2, 0.25) is 0 Å². The van der Waals surface area contributed by atoms with Crippen molar-refractivity contribution in [2.24, 2.45) is 5.41 Å². The highest BCUT2D eigenvalue weighted by Gasteiger charge is 2.21. The summed E-state index contributed by atoms with van der Waals surface area (Å²) in [4.78, 5) is 0. The van der Waals surface area contributed by atoms with Crippen LogP contribution in [0.4, 0.5) is 0 Å². The van der Waals surface area contributed by atoms with Crippen molar-refractivity contribution in [1.82, 2.24) is 0 Å². The molecule has 0 aliphatic heterocycles. The fourth-order valence-electron chi connectivity index (χ4n) is 1.09. The summed E-state index contributed by atoms with van der Waals surface area (Å²) in [5.41, 5.74) is 0.367. The van der Waals surface area contributed by atoms with Crippen LogP contribution in [0.15, 0.2) is 12.7 Å². The van der Waals surface area contributed by atoms with E-state index >= 15 is 0 Å². The summed E-state index contributed by atoms with van der Waals surface area (Å²) in [6, 6.07) is 0. The molecule has 0 bridgehead atoms. The molecule has 0 spiro atoms. The van der Waals surface area contributed by atoms with Gasteiger partial charge in [-0.15, -0.1) is 6.58 Å². The van der Waals surface area contributed by atoms with Gasteiger partial charge in [0.25, 0.3) is 0 Å². The molecule has 0 N–H and O–H groups in total. The molecular weight excluding hydrogens is 191 g/mol. The molecule has 1 nitrogen and oxygen atoms in total. The molecule has 0 heterocycles. The monoisotopic (exact) mass is 216 g/mol. The first-order valence-corrected chi connectivity index (χ1v) is 6.77. The third-order valence-corrected chi connectivity index (χ3v) is 3.74. The normalized spacial score (nSPS) is 17.2. The van der Waals surface area contributed by atoms with Gasteiger partial charge in [-0.25, -0.2) is 0 Å². The molecule has 0 saturated heterocycles. The average molecular weight is 216 g/mol. The van der Waals surface area contributed by atoms with E-state index in [2.05, 4.69) is 40.9 Å². The van der Waals surface area contributed by atoms with Gasteiger partial charge in [-0.3, -0.25) is 0 Å². The van der Waals surface area contributed by atoms with Gasteiger partial charge in [-0.05, 0) is 31.8 Å². The molecule has 84 valence electrons. The largest absolute Gasteiger partial charge is 0.371 e. The van der Waals surface area contributed by atoms with E-state index in [1.165, 1.54) is 0 Å². The fourth-order valence-corrected chi connectivity index (χ4v) is 1.69. The second kappa shape index (κ2) is 5.88. The second-order valence-corrected chi connectivity index (χ2v) is 6.69. The second-order valence-electron chi connectivity index (χ2n) is 5.13. The highest BCUT2D eigenvalue weighted by Crippen LogP contribution is 2.34. The average Bonchev–Trinajstić information content (AvgIpc) is 2.02. The minimum absolute atomic E-state index is 0.0208. The fraction of sp³-hybridized carbons (Fsp3) is 0.833. The van der Waals surface area contributed by atoms with Crippen LogP contribution in [-0.2, 0) is 4.74 Å². The van der Waals surface area contributed by atoms with E-state index in [0.29, 0.717) is 5.41 Å². The van der Waals surface area contributed by atoms with Crippen molar-refractivity contribution >= 4 is 8.58 Å². The van der Waals surface area contributed by atoms with Crippen LogP contribution in [0.5, 0.6) is 0 Å². The molecule has 2 unspecified atom stereocenters. The molecule has 0 amide bonds. The summed E-state index contributed by atoms with van der Waals surface area (Å²) in [6.07, 6.45) is 4.02. The van der Waals surface area contributed by atoms with Gasteiger partial charge in [0, 0.05) is 6.61 Å². The van der Waals surface area contributed by atoms with Crippen molar-refractivity contribution in [2.45, 2.75) is 45.9 Å². The van der Waals surface area contributed by atoms with Crippen LogP contribution in [-0.4, -0.2) is 18.6 Å². The van der Waals surface area contributed by atoms with Crippen LogP contribution in [0.25, 0.3) is 0 Å². The predicted octanol–water partition coefficient (Wildman–Crippen LogP) is 4.04. The van der Waals surface area contributed by atoms with Gasteiger partial charge in [0.05, 0.1) is 5.34 Å². The quantitative estimate of drug-likeness (QED) is 0.481. The summed E-state index contributed by atoms with van der Waals surface area (Å²) in [6.45, 7) is 15.7. The molecule has 0 fully saturated rings. The van der Waals surface area contributed by atoms with E-state index in [-0.39, 0.29) is 5.34 Å². The van der Waals surface area contributed by atoms with Crippen molar-refractivity contribution < 1.29 is 4.74 Å². The Kier molecular flexibility index (Phi) is 5.93. The summed E-state index contributed by atoms with van der Waals surface area (Å²) in [5, 5.41) is 0.0208. The van der Waals surface area contributed by atoms with E-state index in [4.69, 9.17) is 4.74 Å². The Morgan fingerprint density at radius 1 is 1.29 bits per heavy atom. The standard InChI is InChI=1S/C12H25OP/c1-7-8-12(5,14-6)13-10-9-11(2,3)4/h7,14H,1,8-10H2,2-6H3. The van der Waals surface area contributed by atoms with Gasteiger partial charge in [0.1, 0.15) is 0 Å². The molecule has 0 aromatic heterocycles. The molecule has 14 heavy (non-hydrogen) atoms. The zero-order valence-electron chi connectivity index (χ0n) is 10.3. The van der Waals surface area contributed by atoms with Gasteiger partial charge >= 0.3 is 0 Å². The Morgan fingerprint density at radius 2 is 1.86 bits per heavy atom. The van der Waals surface area contributed by atoms with E-state index in [1.54, 1.807) is 0 Å². The van der Waals surface area contributed by atoms with Gasteiger partial charge in [-0.1, -0.05) is 35.4 Å². The maximum Gasteiger partial charge on any atom is 0.0844 e. The number of hydrogen-bond acceptors (Lipinski definition) is 1. The lowest BCUT2D eigenvalue weighted by Crippen LogP contribution is -2.24. The summed E-state index contributed by atoms with van der Waals surface area (Å²) >= 11 is 0. The van der Waals surface area contributed by atoms with Crippen LogP contribution in [0.2, 0.25) is 0 Å². The Bertz CT molecular complexity index is 172. The lowest BCUT2D eigenvalue weighted by Gasteiger charge is -2.29. The minimum Gasteiger partial charge on any atom is -0.371 e. The molecule has 0 aliphatic carbocycles. The lowest BCUT2D eigenvalue weighted by atomic mass is 9.93. The Hall–Kier alpha value is 0.130. The van der Waals surface area contributed by atoms with Gasteiger partial charge < -0.3 is 4.74 Å². The Morgan fingerprint density at radius 3 is 2.21 bits per heavy atom. The first-order valence-electron chi connectivity index (χ1n) is 5.27. The van der Waals surface area contributed by atoms with Crippen LogP contribution in [0.1, 0.15) is 40.5 Å². The minimum atomic E-state index is 0.0208. The molecular formula is C12H25OP. The number of rotatable bonds is 6. The van der Waals surface area contributed by atoms with Crippen molar-refractivity contribution in [1.29, 1.82) is 0 Å². The third-order valence-electron chi connectivity index (χ3n) is 2.34. The summed E-state index contributed by atoms with van der Waals surface area (Å²) < 4.78 is 5.94. The highest BCUT2D eigenvalue weighted by molar-refractivity contribution is 7.38. The third kappa shape index (κ3) is 6.56. The number of hydrogen-bond donors (Lipinski definition) is 0. The topological polar surface area (TPSA) is 9.23 Å². The van der Waals surface area contributed by atoms with Crippen molar-refractivity contribution in [2.75, 3.05) is 13.3 Å². The predicted molar refractivity (Wildman–Crippen MR) is 67.5 cm³/mol. The molecule has 0 rings (SSSR count). The molecule has 0 aliphatic rings. The van der Waals surface area contributed by atoms with E-state index in [1.807, 2.05) is 6.08 Å². The van der Waals surface area contributed by atoms with Crippen LogP contribution in [0.3, 0.4) is 0 Å². The highest BCUT2D eigenvalue weighted by atomic mass is 31.1. The Balaban J connectivity index is 3.89. The molecule has 0 radical (unpaired) electrons. The zero-order valence-corrected chi connectivity index (χ0v) is 11.3. The van der Waals surface area contributed by atoms with E-state index in [0.717, 1.165) is 28.0 Å². The first-order chi connectivity index (χ1) is 6.33. The van der Waals surface area contributed by atoms with Crippen molar-refractivity contribution in [3.63, 3.8) is 0 Å². The molecule has 0 aromatic carbocycles. The van der Waals surface area contributed by atoms with Crippen LogP contribution >= 0.6 is 8.58 Å². The van der Waals surface area contributed by atoms with E-state index in [9.17, 15) is 0 Å². The van der Waals surface area contributed by atoms with Crippen LogP contribution < -0.4 is 0 Å². The molecule has 0 saturated carbocycles. The zero-order chi connectivity index (χ0) is 11.2. The first kappa shape index (κ1) is 14.1. The van der Waals surface area contributed by atoms with E-state index < -0.39 is 0 Å². The maximum absolute atomic E-state index is 5.94. The summed E-state index contributed by atoms with van der Waals surface area (Å²) in [7, 11) is 0.808. The SMILES string of the molecule is C=CCC(C)(OCCC(C)(C)C)PC. The summed E-state index contributed by atoms with van der Waals surface area (Å²) in [5.74, 6) is 0. The van der Waals surface area contributed by atoms with Gasteiger partial charge in [0.15, 0.2) is 0 Å². The number of ether oxygens (including phenoxy) is 1. The van der Waals surface area contributed by atoms with Crippen molar-refractivity contribution in [3.05, 3.63) is 12.7 Å². The lowest BCUT2D eigenvalue weighted by molar-refractivity contribution is 0.0243. The maximum atomic E-state index is 5.94. The Labute approximate surface area is 91.1 Å². The van der Waals surface area contributed by atoms with Gasteiger partial charge in [-0.2, -0.15) is 0 Å². The molecule has 0 aromatic rings. The van der Waals surface area contributed by atoms with Crippen molar-refractivity contribution in [3.8, 4) is 0 Å². The van der Waals surface area contributed by atoms with Crippen LogP contribution in [0, 0.1) is 5.41 Å². The smallest absolute Gasteiger partial charge is 0.0844 e. The molecule has 2 heteroatoms.